The van der Waals surface area contributed by atoms with Gasteiger partial charge in [0, 0.05) is 22.3 Å². The summed E-state index contributed by atoms with van der Waals surface area (Å²) in [6, 6.07) is 18.6. The number of rotatable bonds is 4. The van der Waals surface area contributed by atoms with Crippen molar-refractivity contribution in [3.63, 3.8) is 0 Å². The highest BCUT2D eigenvalue weighted by Crippen LogP contribution is 2.24. The van der Waals surface area contributed by atoms with Crippen LogP contribution in [0.25, 0.3) is 10.9 Å². The highest BCUT2D eigenvalue weighted by Gasteiger charge is 2.10. The SMILES string of the molecule is Cc1ccc(Cl)cc1Nc1ccc(C(=O)Nc2cccc3cccnc23)nc1. The van der Waals surface area contributed by atoms with Gasteiger partial charge < -0.3 is 10.6 Å². The second kappa shape index (κ2) is 7.66. The molecule has 5 nitrogen and oxygen atoms in total. The van der Waals surface area contributed by atoms with Gasteiger partial charge in [0.25, 0.3) is 5.91 Å². The standard InChI is InChI=1S/C22H17ClN4O/c1-14-7-8-16(23)12-20(14)26-17-9-10-19(25-13-17)22(28)27-18-6-2-4-15-5-3-11-24-21(15)18/h2-13,26H,1H3,(H,27,28). The topological polar surface area (TPSA) is 66.9 Å². The van der Waals surface area contributed by atoms with Gasteiger partial charge in [-0.05, 0) is 48.9 Å². The lowest BCUT2D eigenvalue weighted by molar-refractivity contribution is 0.102. The van der Waals surface area contributed by atoms with Gasteiger partial charge >= 0.3 is 0 Å². The van der Waals surface area contributed by atoms with Crippen LogP contribution in [0.1, 0.15) is 16.1 Å². The molecule has 0 radical (unpaired) electrons. The van der Waals surface area contributed by atoms with Gasteiger partial charge in [-0.2, -0.15) is 0 Å². The monoisotopic (exact) mass is 388 g/mol. The molecule has 2 aromatic heterocycles. The number of amides is 1. The number of nitrogens with one attached hydrogen (secondary N) is 2. The quantitative estimate of drug-likeness (QED) is 0.478. The van der Waals surface area contributed by atoms with Gasteiger partial charge in [-0.1, -0.05) is 35.9 Å². The molecule has 0 spiro atoms. The first-order valence-electron chi connectivity index (χ1n) is 8.74. The van der Waals surface area contributed by atoms with Crippen molar-refractivity contribution >= 4 is 45.5 Å². The first kappa shape index (κ1) is 17.9. The van der Waals surface area contributed by atoms with Crippen LogP contribution in [0, 0.1) is 6.92 Å². The highest BCUT2D eigenvalue weighted by atomic mass is 35.5. The van der Waals surface area contributed by atoms with E-state index in [1.807, 2.05) is 61.5 Å². The minimum Gasteiger partial charge on any atom is -0.354 e. The van der Waals surface area contributed by atoms with E-state index in [0.29, 0.717) is 16.4 Å². The maximum atomic E-state index is 12.6. The van der Waals surface area contributed by atoms with Crippen molar-refractivity contribution in [1.29, 1.82) is 0 Å². The average molecular weight is 389 g/mol. The minimum atomic E-state index is -0.288. The maximum Gasteiger partial charge on any atom is 0.274 e. The molecular weight excluding hydrogens is 372 g/mol. The molecule has 0 bridgehead atoms. The van der Waals surface area contributed by atoms with E-state index in [2.05, 4.69) is 20.6 Å². The fourth-order valence-electron chi connectivity index (χ4n) is 2.88. The molecule has 0 aliphatic rings. The van der Waals surface area contributed by atoms with E-state index < -0.39 is 0 Å². The Kier molecular flexibility index (Phi) is 4.91. The Morgan fingerprint density at radius 1 is 0.964 bits per heavy atom. The van der Waals surface area contributed by atoms with E-state index in [0.717, 1.165) is 27.8 Å². The smallest absolute Gasteiger partial charge is 0.274 e. The van der Waals surface area contributed by atoms with Gasteiger partial charge in [0.2, 0.25) is 0 Å². The zero-order valence-corrected chi connectivity index (χ0v) is 15.9. The molecule has 2 heterocycles. The predicted molar refractivity (Wildman–Crippen MR) is 113 cm³/mol. The molecular formula is C22H17ClN4O. The molecule has 0 saturated carbocycles. The van der Waals surface area contributed by atoms with Crippen LogP contribution in [0.5, 0.6) is 0 Å². The number of carbonyl (C=O) groups is 1. The van der Waals surface area contributed by atoms with E-state index in [9.17, 15) is 4.79 Å². The molecule has 0 aliphatic heterocycles. The number of benzene rings is 2. The zero-order valence-electron chi connectivity index (χ0n) is 15.1. The molecule has 0 atom stereocenters. The third-order valence-corrected chi connectivity index (χ3v) is 4.59. The average Bonchev–Trinajstić information content (AvgIpc) is 2.71. The maximum absolute atomic E-state index is 12.6. The molecule has 6 heteroatoms. The third kappa shape index (κ3) is 3.80. The second-order valence-electron chi connectivity index (χ2n) is 6.35. The summed E-state index contributed by atoms with van der Waals surface area (Å²) in [4.78, 5) is 21.2. The number of aryl methyl sites for hydroxylation is 1. The van der Waals surface area contributed by atoms with Crippen molar-refractivity contribution in [1.82, 2.24) is 9.97 Å². The molecule has 0 aliphatic carbocycles. The van der Waals surface area contributed by atoms with E-state index in [4.69, 9.17) is 11.6 Å². The van der Waals surface area contributed by atoms with Gasteiger partial charge in [0.15, 0.2) is 0 Å². The number of fused-ring (bicyclic) bond motifs is 1. The van der Waals surface area contributed by atoms with Crippen molar-refractivity contribution in [3.05, 3.63) is 89.3 Å². The van der Waals surface area contributed by atoms with Gasteiger partial charge in [0.05, 0.1) is 23.1 Å². The Balaban J connectivity index is 1.52. The summed E-state index contributed by atoms with van der Waals surface area (Å²) in [5.41, 5.74) is 4.45. The molecule has 4 aromatic rings. The van der Waals surface area contributed by atoms with Crippen LogP contribution in [0.3, 0.4) is 0 Å². The molecule has 28 heavy (non-hydrogen) atoms. The lowest BCUT2D eigenvalue weighted by Gasteiger charge is -2.11. The minimum absolute atomic E-state index is 0.288. The van der Waals surface area contributed by atoms with Gasteiger partial charge in [-0.3, -0.25) is 9.78 Å². The number of hydrogen-bond donors (Lipinski definition) is 2. The first-order chi connectivity index (χ1) is 13.6. The van der Waals surface area contributed by atoms with E-state index >= 15 is 0 Å². The van der Waals surface area contributed by atoms with Crippen molar-refractivity contribution in [2.24, 2.45) is 0 Å². The van der Waals surface area contributed by atoms with Crippen molar-refractivity contribution < 1.29 is 4.79 Å². The summed E-state index contributed by atoms with van der Waals surface area (Å²) in [7, 11) is 0. The molecule has 0 saturated heterocycles. The van der Waals surface area contributed by atoms with Crippen LogP contribution in [0.4, 0.5) is 17.1 Å². The number of halogens is 1. The van der Waals surface area contributed by atoms with Crippen molar-refractivity contribution in [2.45, 2.75) is 6.92 Å². The number of hydrogen-bond acceptors (Lipinski definition) is 4. The lowest BCUT2D eigenvalue weighted by atomic mass is 10.2. The van der Waals surface area contributed by atoms with Gasteiger partial charge in [0.1, 0.15) is 5.69 Å². The normalized spacial score (nSPS) is 10.6. The molecule has 1 amide bonds. The molecule has 4 rings (SSSR count). The van der Waals surface area contributed by atoms with Crippen molar-refractivity contribution in [3.8, 4) is 0 Å². The fourth-order valence-corrected chi connectivity index (χ4v) is 3.05. The summed E-state index contributed by atoms with van der Waals surface area (Å²) in [5, 5.41) is 7.77. The van der Waals surface area contributed by atoms with E-state index in [1.165, 1.54) is 0 Å². The van der Waals surface area contributed by atoms with Crippen LogP contribution in [0.15, 0.2) is 73.1 Å². The number of nitrogens with zero attached hydrogens (tertiary/aromatic N) is 2. The van der Waals surface area contributed by atoms with E-state index in [1.54, 1.807) is 18.5 Å². The largest absolute Gasteiger partial charge is 0.354 e. The predicted octanol–water partition coefficient (Wildman–Crippen LogP) is 5.59. The highest BCUT2D eigenvalue weighted by molar-refractivity contribution is 6.30. The summed E-state index contributed by atoms with van der Waals surface area (Å²) in [5.74, 6) is -0.288. The number of anilines is 3. The third-order valence-electron chi connectivity index (χ3n) is 4.36. The van der Waals surface area contributed by atoms with Crippen LogP contribution in [-0.2, 0) is 0 Å². The van der Waals surface area contributed by atoms with Crippen molar-refractivity contribution in [2.75, 3.05) is 10.6 Å². The number of aromatic nitrogens is 2. The van der Waals surface area contributed by atoms with Crippen LogP contribution in [0.2, 0.25) is 5.02 Å². The van der Waals surface area contributed by atoms with Gasteiger partial charge in [-0.25, -0.2) is 4.98 Å². The molecule has 0 unspecified atom stereocenters. The summed E-state index contributed by atoms with van der Waals surface area (Å²) in [6.45, 7) is 1.99. The van der Waals surface area contributed by atoms with Crippen LogP contribution >= 0.6 is 11.6 Å². The van der Waals surface area contributed by atoms with Crippen LogP contribution < -0.4 is 10.6 Å². The number of carbonyl (C=O) groups excluding carboxylic acids is 1. The number of pyridine rings is 2. The molecule has 0 fully saturated rings. The lowest BCUT2D eigenvalue weighted by Crippen LogP contribution is -2.14. The number of para-hydroxylation sites is 1. The Morgan fingerprint density at radius 3 is 2.64 bits per heavy atom. The molecule has 2 N–H and O–H groups in total. The van der Waals surface area contributed by atoms with Crippen LogP contribution in [-0.4, -0.2) is 15.9 Å². The van der Waals surface area contributed by atoms with E-state index in [-0.39, 0.29) is 5.91 Å². The zero-order chi connectivity index (χ0) is 19.5. The first-order valence-corrected chi connectivity index (χ1v) is 9.12. The Labute approximate surface area is 167 Å². The Hall–Kier alpha value is -3.44. The Morgan fingerprint density at radius 2 is 1.82 bits per heavy atom. The second-order valence-corrected chi connectivity index (χ2v) is 6.79. The summed E-state index contributed by atoms with van der Waals surface area (Å²) >= 11 is 6.05. The molecule has 138 valence electrons. The molecule has 2 aromatic carbocycles. The summed E-state index contributed by atoms with van der Waals surface area (Å²) < 4.78 is 0. The summed E-state index contributed by atoms with van der Waals surface area (Å²) in [6.07, 6.45) is 3.32. The fraction of sp³-hybridized carbons (Fsp3) is 0.0455. The Bertz CT molecular complexity index is 1150. The van der Waals surface area contributed by atoms with Gasteiger partial charge in [-0.15, -0.1) is 0 Å².